The average Bonchev–Trinajstić information content (AvgIpc) is 2.77. The van der Waals surface area contributed by atoms with Crippen LogP contribution in [0.25, 0.3) is 0 Å². The monoisotopic (exact) mass is 238 g/mol. The van der Waals surface area contributed by atoms with Crippen molar-refractivity contribution in [3.8, 4) is 0 Å². The number of nitrogens with two attached hydrogens (primary N) is 1. The van der Waals surface area contributed by atoms with Gasteiger partial charge >= 0.3 is 0 Å². The summed E-state index contributed by atoms with van der Waals surface area (Å²) in [5.74, 6) is 0.598. The quantitative estimate of drug-likeness (QED) is 0.720. The van der Waals surface area contributed by atoms with Crippen LogP contribution in [-0.2, 0) is 6.54 Å². The molecule has 1 fully saturated rings. The number of amides is 1. The number of aliphatic hydroxyl groups excluding tert-OH is 1. The maximum Gasteiger partial charge on any atom is 0.287 e. The predicted octanol–water partition coefficient (Wildman–Crippen LogP) is 0.627. The van der Waals surface area contributed by atoms with Gasteiger partial charge < -0.3 is 20.6 Å². The lowest BCUT2D eigenvalue weighted by Crippen LogP contribution is -2.61. The molecule has 5 nitrogen and oxygen atoms in total. The van der Waals surface area contributed by atoms with Crippen molar-refractivity contribution in [3.63, 3.8) is 0 Å². The summed E-state index contributed by atoms with van der Waals surface area (Å²) in [5.41, 5.74) is 5.13. The Bertz CT molecular complexity index is 425. The molecule has 5 heteroatoms. The molecular formula is C12H18N2O3. The molecule has 4 N–H and O–H groups in total. The number of rotatable bonds is 3. The zero-order valence-electron chi connectivity index (χ0n) is 10.1. The average molecular weight is 238 g/mol. The first-order valence-electron chi connectivity index (χ1n) is 5.73. The molecule has 1 amide bonds. The highest BCUT2D eigenvalue weighted by Crippen LogP contribution is 2.40. The van der Waals surface area contributed by atoms with Crippen LogP contribution in [-0.4, -0.2) is 23.2 Å². The second kappa shape index (κ2) is 4.16. The molecule has 2 atom stereocenters. The zero-order valence-corrected chi connectivity index (χ0v) is 10.1. The van der Waals surface area contributed by atoms with Crippen LogP contribution >= 0.6 is 0 Å². The van der Waals surface area contributed by atoms with Crippen LogP contribution in [0.5, 0.6) is 0 Å². The minimum absolute atomic E-state index is 0.0172. The smallest absolute Gasteiger partial charge is 0.287 e. The van der Waals surface area contributed by atoms with E-state index >= 15 is 0 Å². The first-order valence-corrected chi connectivity index (χ1v) is 5.73. The fourth-order valence-electron chi connectivity index (χ4n) is 1.99. The van der Waals surface area contributed by atoms with Crippen LogP contribution in [0.4, 0.5) is 0 Å². The van der Waals surface area contributed by atoms with E-state index in [1.807, 2.05) is 13.8 Å². The van der Waals surface area contributed by atoms with Crippen molar-refractivity contribution in [3.05, 3.63) is 23.7 Å². The van der Waals surface area contributed by atoms with Gasteiger partial charge in [-0.25, -0.2) is 0 Å². The Hall–Kier alpha value is -1.33. The lowest BCUT2D eigenvalue weighted by molar-refractivity contribution is -0.0691. The zero-order chi connectivity index (χ0) is 12.6. The van der Waals surface area contributed by atoms with Crippen LogP contribution in [0, 0.1) is 5.41 Å². The highest BCUT2D eigenvalue weighted by Gasteiger charge is 2.48. The Kier molecular flexibility index (Phi) is 2.97. The number of carbonyl (C=O) groups is 1. The van der Waals surface area contributed by atoms with Crippen molar-refractivity contribution >= 4 is 5.91 Å². The first-order chi connectivity index (χ1) is 7.95. The van der Waals surface area contributed by atoms with Crippen molar-refractivity contribution in [1.29, 1.82) is 0 Å². The number of aliphatic hydroxyl groups is 1. The van der Waals surface area contributed by atoms with Crippen LogP contribution in [0.3, 0.4) is 0 Å². The Morgan fingerprint density at radius 3 is 2.82 bits per heavy atom. The molecule has 1 aliphatic carbocycles. The van der Waals surface area contributed by atoms with Gasteiger partial charge in [0.15, 0.2) is 5.76 Å². The lowest BCUT2D eigenvalue weighted by atomic mass is 9.64. The molecular weight excluding hydrogens is 220 g/mol. The summed E-state index contributed by atoms with van der Waals surface area (Å²) < 4.78 is 5.26. The van der Waals surface area contributed by atoms with E-state index < -0.39 is 0 Å². The Labute approximate surface area is 100.0 Å². The maximum atomic E-state index is 11.8. The van der Waals surface area contributed by atoms with Gasteiger partial charge in [-0.1, -0.05) is 13.8 Å². The summed E-state index contributed by atoms with van der Waals surface area (Å²) in [6, 6.07) is 3.28. The fraction of sp³-hybridized carbons (Fsp3) is 0.583. The first kappa shape index (κ1) is 12.1. The van der Waals surface area contributed by atoms with E-state index in [1.54, 1.807) is 12.1 Å². The molecule has 0 bridgehead atoms. The highest BCUT2D eigenvalue weighted by atomic mass is 16.4. The highest BCUT2D eigenvalue weighted by molar-refractivity contribution is 5.91. The van der Waals surface area contributed by atoms with Gasteiger partial charge in [-0.3, -0.25) is 4.79 Å². The number of hydrogen-bond acceptors (Lipinski definition) is 4. The summed E-state index contributed by atoms with van der Waals surface area (Å²) >= 11 is 0. The van der Waals surface area contributed by atoms with Gasteiger partial charge in [0, 0.05) is 11.5 Å². The Morgan fingerprint density at radius 2 is 2.35 bits per heavy atom. The van der Waals surface area contributed by atoms with E-state index in [4.69, 9.17) is 10.2 Å². The van der Waals surface area contributed by atoms with Crippen LogP contribution in [0.2, 0.25) is 0 Å². The molecule has 1 heterocycles. The molecule has 1 saturated carbocycles. The largest absolute Gasteiger partial charge is 0.455 e. The van der Waals surface area contributed by atoms with E-state index in [2.05, 4.69) is 5.32 Å². The molecule has 2 unspecified atom stereocenters. The van der Waals surface area contributed by atoms with Crippen LogP contribution in [0.1, 0.15) is 36.6 Å². The predicted molar refractivity (Wildman–Crippen MR) is 62.3 cm³/mol. The number of nitrogens with one attached hydrogen (secondary N) is 1. The van der Waals surface area contributed by atoms with E-state index in [0.717, 1.165) is 0 Å². The molecule has 2 rings (SSSR count). The summed E-state index contributed by atoms with van der Waals surface area (Å²) in [7, 11) is 0. The molecule has 0 aliphatic heterocycles. The fourth-order valence-corrected chi connectivity index (χ4v) is 1.99. The lowest BCUT2D eigenvalue weighted by Gasteiger charge is -2.49. The normalized spacial score (nSPS) is 26.4. The molecule has 1 aromatic rings. The van der Waals surface area contributed by atoms with Gasteiger partial charge in [-0.2, -0.15) is 0 Å². The molecule has 0 saturated heterocycles. The third-order valence-electron chi connectivity index (χ3n) is 3.61. The third-order valence-corrected chi connectivity index (χ3v) is 3.61. The van der Waals surface area contributed by atoms with Crippen molar-refractivity contribution < 1.29 is 14.3 Å². The van der Waals surface area contributed by atoms with E-state index in [0.29, 0.717) is 12.2 Å². The van der Waals surface area contributed by atoms with E-state index in [1.165, 1.54) is 0 Å². The minimum Gasteiger partial charge on any atom is -0.455 e. The maximum absolute atomic E-state index is 11.8. The van der Waals surface area contributed by atoms with Crippen LogP contribution < -0.4 is 11.1 Å². The summed E-state index contributed by atoms with van der Waals surface area (Å²) in [5, 5.41) is 12.4. The summed E-state index contributed by atoms with van der Waals surface area (Å²) in [6.07, 6.45) is 0.229. The van der Waals surface area contributed by atoms with Gasteiger partial charge in [0.1, 0.15) is 5.76 Å². The second-order valence-corrected chi connectivity index (χ2v) is 5.07. The molecule has 17 heavy (non-hydrogen) atoms. The molecule has 1 aliphatic rings. The topological polar surface area (TPSA) is 88.5 Å². The van der Waals surface area contributed by atoms with Crippen molar-refractivity contribution in [2.75, 3.05) is 0 Å². The van der Waals surface area contributed by atoms with Gasteiger partial charge in [0.25, 0.3) is 5.91 Å². The molecule has 94 valence electrons. The number of furan rings is 1. The van der Waals surface area contributed by atoms with Gasteiger partial charge in [-0.15, -0.1) is 0 Å². The van der Waals surface area contributed by atoms with Crippen molar-refractivity contribution in [2.24, 2.45) is 11.1 Å². The van der Waals surface area contributed by atoms with E-state index in [9.17, 15) is 9.90 Å². The van der Waals surface area contributed by atoms with Gasteiger partial charge in [0.05, 0.1) is 12.6 Å². The molecule has 0 radical (unpaired) electrons. The molecule has 0 aromatic carbocycles. The number of hydrogen-bond donors (Lipinski definition) is 3. The second-order valence-electron chi connectivity index (χ2n) is 5.07. The summed E-state index contributed by atoms with van der Waals surface area (Å²) in [4.78, 5) is 11.8. The Balaban J connectivity index is 1.98. The standard InChI is InChI=1S/C12H18N2O3/c1-12(2)9(5-10(12)15)14-11(16)8-4-3-7(6-13)17-8/h3-4,9-10,15H,5-6,13H2,1-2H3,(H,14,16). The Morgan fingerprint density at radius 1 is 1.65 bits per heavy atom. The summed E-state index contributed by atoms with van der Waals surface area (Å²) in [6.45, 7) is 4.14. The van der Waals surface area contributed by atoms with Gasteiger partial charge in [0.2, 0.25) is 0 Å². The third kappa shape index (κ3) is 2.08. The number of carbonyl (C=O) groups excluding carboxylic acids is 1. The van der Waals surface area contributed by atoms with Crippen molar-refractivity contribution in [1.82, 2.24) is 5.32 Å². The van der Waals surface area contributed by atoms with E-state index in [-0.39, 0.29) is 35.8 Å². The van der Waals surface area contributed by atoms with Crippen LogP contribution in [0.15, 0.2) is 16.5 Å². The van der Waals surface area contributed by atoms with Crippen molar-refractivity contribution in [2.45, 2.75) is 39.0 Å². The molecule has 1 aromatic heterocycles. The van der Waals surface area contributed by atoms with Gasteiger partial charge in [-0.05, 0) is 18.6 Å². The molecule has 0 spiro atoms. The SMILES string of the molecule is CC1(C)C(O)CC1NC(=O)c1ccc(CN)o1. The minimum atomic E-state index is -0.357.